The van der Waals surface area contributed by atoms with Crippen LogP contribution in [0.3, 0.4) is 0 Å². The van der Waals surface area contributed by atoms with Crippen LogP contribution in [-0.2, 0) is 6.42 Å². The van der Waals surface area contributed by atoms with E-state index in [0.717, 1.165) is 15.6 Å². The number of amides is 2. The molecule has 0 unspecified atom stereocenters. The molecule has 2 amide bonds. The van der Waals surface area contributed by atoms with E-state index in [1.54, 1.807) is 19.2 Å². The number of carbonyl (C=O) groups is 2. The molecule has 7 heteroatoms. The van der Waals surface area contributed by atoms with E-state index >= 15 is 0 Å². The van der Waals surface area contributed by atoms with Gasteiger partial charge in [0, 0.05) is 35.9 Å². The number of hydrogen-bond donors (Lipinski definition) is 2. The van der Waals surface area contributed by atoms with E-state index in [-0.39, 0.29) is 17.5 Å². The molecule has 0 fully saturated rings. The Kier molecular flexibility index (Phi) is 7.19. The van der Waals surface area contributed by atoms with Crippen molar-refractivity contribution < 1.29 is 14.3 Å². The zero-order chi connectivity index (χ0) is 21.5. The van der Waals surface area contributed by atoms with Crippen molar-refractivity contribution >= 4 is 27.7 Å². The topological polar surface area (TPSA) is 80.3 Å². The molecule has 0 atom stereocenters. The minimum Gasteiger partial charge on any atom is -0.457 e. The largest absolute Gasteiger partial charge is 0.457 e. The summed E-state index contributed by atoms with van der Waals surface area (Å²) in [7, 11) is 1.55. The minimum absolute atomic E-state index is 0.0917. The number of rotatable bonds is 7. The van der Waals surface area contributed by atoms with E-state index < -0.39 is 0 Å². The molecule has 3 aromatic rings. The maximum Gasteiger partial charge on any atom is 0.269 e. The van der Waals surface area contributed by atoms with Crippen molar-refractivity contribution in [2.75, 3.05) is 13.6 Å². The number of nitrogens with one attached hydrogen (secondary N) is 2. The summed E-state index contributed by atoms with van der Waals surface area (Å²) >= 11 is 3.41. The van der Waals surface area contributed by atoms with E-state index in [4.69, 9.17) is 4.74 Å². The molecule has 1 aromatic heterocycles. The van der Waals surface area contributed by atoms with E-state index in [1.807, 2.05) is 49.4 Å². The Morgan fingerprint density at radius 3 is 2.60 bits per heavy atom. The molecule has 0 radical (unpaired) electrons. The summed E-state index contributed by atoms with van der Waals surface area (Å²) in [5, 5.41) is 5.49. The summed E-state index contributed by atoms with van der Waals surface area (Å²) in [6, 6.07) is 16.5. The van der Waals surface area contributed by atoms with Crippen LogP contribution in [0, 0.1) is 6.92 Å². The first-order valence-corrected chi connectivity index (χ1v) is 10.2. The van der Waals surface area contributed by atoms with Crippen molar-refractivity contribution in [3.8, 4) is 11.5 Å². The number of carbonyl (C=O) groups excluding carboxylic acids is 2. The van der Waals surface area contributed by atoms with Crippen LogP contribution in [0.4, 0.5) is 0 Å². The molecule has 0 saturated heterocycles. The number of aryl methyl sites for hydroxylation is 1. The molecule has 0 aliphatic rings. The zero-order valence-corrected chi connectivity index (χ0v) is 18.3. The Morgan fingerprint density at radius 2 is 1.83 bits per heavy atom. The van der Waals surface area contributed by atoms with Crippen LogP contribution >= 0.6 is 15.9 Å². The Morgan fingerprint density at radius 1 is 1.03 bits per heavy atom. The standard InChI is InChI=1S/C23H22BrN3O3/c1-15-12-17(24)6-7-20(15)22(28)27-10-8-16-4-3-5-18(13-16)30-19-9-11-26-21(14-19)23(29)25-2/h3-7,9,11-14H,8,10H2,1-2H3,(H,25,29)(H,27,28). The highest BCUT2D eigenvalue weighted by Gasteiger charge is 2.09. The van der Waals surface area contributed by atoms with Crippen LogP contribution < -0.4 is 15.4 Å². The van der Waals surface area contributed by atoms with Crippen LogP contribution in [0.1, 0.15) is 32.0 Å². The molecule has 6 nitrogen and oxygen atoms in total. The molecule has 3 rings (SSSR count). The van der Waals surface area contributed by atoms with Gasteiger partial charge in [0.15, 0.2) is 0 Å². The number of ether oxygens (including phenoxy) is 1. The third-order valence-corrected chi connectivity index (χ3v) is 4.95. The van der Waals surface area contributed by atoms with Gasteiger partial charge in [0.05, 0.1) is 0 Å². The number of halogens is 1. The Bertz CT molecular complexity index is 1070. The van der Waals surface area contributed by atoms with Crippen molar-refractivity contribution in [1.29, 1.82) is 0 Å². The van der Waals surface area contributed by atoms with E-state index in [0.29, 0.717) is 30.0 Å². The molecular weight excluding hydrogens is 446 g/mol. The molecule has 0 aliphatic heterocycles. The van der Waals surface area contributed by atoms with Crippen LogP contribution in [0.5, 0.6) is 11.5 Å². The van der Waals surface area contributed by atoms with Crippen molar-refractivity contribution in [2.24, 2.45) is 0 Å². The number of hydrogen-bond acceptors (Lipinski definition) is 4. The Balaban J connectivity index is 1.59. The van der Waals surface area contributed by atoms with E-state index in [9.17, 15) is 9.59 Å². The van der Waals surface area contributed by atoms with Gasteiger partial charge in [-0.3, -0.25) is 14.6 Å². The smallest absolute Gasteiger partial charge is 0.269 e. The second-order valence-electron chi connectivity index (χ2n) is 6.67. The van der Waals surface area contributed by atoms with Gasteiger partial charge in [0.1, 0.15) is 17.2 Å². The predicted molar refractivity (Wildman–Crippen MR) is 119 cm³/mol. The van der Waals surface area contributed by atoms with Crippen molar-refractivity contribution in [2.45, 2.75) is 13.3 Å². The lowest BCUT2D eigenvalue weighted by Crippen LogP contribution is -2.26. The number of aromatic nitrogens is 1. The molecular formula is C23H22BrN3O3. The van der Waals surface area contributed by atoms with Crippen LogP contribution in [0.25, 0.3) is 0 Å². The highest BCUT2D eigenvalue weighted by Crippen LogP contribution is 2.23. The van der Waals surface area contributed by atoms with Gasteiger partial charge in [-0.2, -0.15) is 0 Å². The summed E-state index contributed by atoms with van der Waals surface area (Å²) in [6.45, 7) is 2.42. The number of benzene rings is 2. The predicted octanol–water partition coefficient (Wildman–Crippen LogP) is 4.28. The lowest BCUT2D eigenvalue weighted by atomic mass is 10.1. The molecule has 154 valence electrons. The third-order valence-electron chi connectivity index (χ3n) is 4.46. The summed E-state index contributed by atoms with van der Waals surface area (Å²) in [5.41, 5.74) is 2.91. The van der Waals surface area contributed by atoms with Gasteiger partial charge >= 0.3 is 0 Å². The molecule has 2 N–H and O–H groups in total. The molecule has 0 bridgehead atoms. The third kappa shape index (κ3) is 5.67. The summed E-state index contributed by atoms with van der Waals surface area (Å²) in [5.74, 6) is 0.813. The molecule has 1 heterocycles. The molecule has 0 spiro atoms. The highest BCUT2D eigenvalue weighted by atomic mass is 79.9. The maximum absolute atomic E-state index is 12.4. The first-order chi connectivity index (χ1) is 14.5. The first kappa shape index (κ1) is 21.5. The van der Waals surface area contributed by atoms with Gasteiger partial charge in [0.25, 0.3) is 11.8 Å². The maximum atomic E-state index is 12.4. The fourth-order valence-electron chi connectivity index (χ4n) is 2.92. The molecule has 0 aliphatic carbocycles. The number of pyridine rings is 1. The Hall–Kier alpha value is -3.19. The second kappa shape index (κ2) is 10.0. The first-order valence-electron chi connectivity index (χ1n) is 9.45. The summed E-state index contributed by atoms with van der Waals surface area (Å²) in [4.78, 5) is 28.1. The van der Waals surface area contributed by atoms with Gasteiger partial charge in [-0.05, 0) is 60.9 Å². The monoisotopic (exact) mass is 467 g/mol. The van der Waals surface area contributed by atoms with Crippen molar-refractivity contribution in [1.82, 2.24) is 15.6 Å². The minimum atomic E-state index is -0.272. The average molecular weight is 468 g/mol. The van der Waals surface area contributed by atoms with Crippen LogP contribution in [-0.4, -0.2) is 30.4 Å². The average Bonchev–Trinajstić information content (AvgIpc) is 2.73. The second-order valence-corrected chi connectivity index (χ2v) is 7.59. The summed E-state index contributed by atoms with van der Waals surface area (Å²) in [6.07, 6.45) is 2.20. The van der Waals surface area contributed by atoms with Crippen LogP contribution in [0.2, 0.25) is 0 Å². The fourth-order valence-corrected chi connectivity index (χ4v) is 3.40. The lowest BCUT2D eigenvalue weighted by Gasteiger charge is -2.10. The van der Waals surface area contributed by atoms with Gasteiger partial charge in [-0.25, -0.2) is 0 Å². The van der Waals surface area contributed by atoms with E-state index in [1.165, 1.54) is 6.20 Å². The zero-order valence-electron chi connectivity index (χ0n) is 16.7. The fraction of sp³-hybridized carbons (Fsp3) is 0.174. The van der Waals surface area contributed by atoms with Gasteiger partial charge < -0.3 is 15.4 Å². The number of nitrogens with zero attached hydrogens (tertiary/aromatic N) is 1. The molecule has 2 aromatic carbocycles. The van der Waals surface area contributed by atoms with Gasteiger partial charge in [-0.15, -0.1) is 0 Å². The van der Waals surface area contributed by atoms with E-state index in [2.05, 4.69) is 31.5 Å². The van der Waals surface area contributed by atoms with Gasteiger partial charge in [0.2, 0.25) is 0 Å². The molecule has 0 saturated carbocycles. The Labute approximate surface area is 183 Å². The van der Waals surface area contributed by atoms with Crippen molar-refractivity contribution in [3.63, 3.8) is 0 Å². The lowest BCUT2D eigenvalue weighted by molar-refractivity contribution is 0.0947. The quantitative estimate of drug-likeness (QED) is 0.543. The summed E-state index contributed by atoms with van der Waals surface area (Å²) < 4.78 is 6.82. The SMILES string of the molecule is CNC(=O)c1cc(Oc2cccc(CCNC(=O)c3ccc(Br)cc3C)c2)ccn1. The normalized spacial score (nSPS) is 10.4. The van der Waals surface area contributed by atoms with Gasteiger partial charge in [-0.1, -0.05) is 28.1 Å². The van der Waals surface area contributed by atoms with Crippen molar-refractivity contribution in [3.05, 3.63) is 87.7 Å². The highest BCUT2D eigenvalue weighted by molar-refractivity contribution is 9.10. The molecule has 30 heavy (non-hydrogen) atoms. The van der Waals surface area contributed by atoms with Crippen LogP contribution in [0.15, 0.2) is 65.3 Å².